The van der Waals surface area contributed by atoms with E-state index in [4.69, 9.17) is 28.3 Å². The summed E-state index contributed by atoms with van der Waals surface area (Å²) in [4.78, 5) is 27.2. The molecule has 4 rings (SSSR count). The SMILES string of the molecule is O=C(O)c1ccc(CC2Sc3ccccc3N(Cc3ccc(Cl)cc3Cl)C2=O)cc1. The number of hydrogen-bond donors (Lipinski definition) is 1. The molecule has 1 heterocycles. The zero-order valence-corrected chi connectivity index (χ0v) is 18.0. The average Bonchev–Trinajstić information content (AvgIpc) is 2.73. The molecular weight excluding hydrogens is 441 g/mol. The minimum atomic E-state index is -0.968. The van der Waals surface area contributed by atoms with E-state index < -0.39 is 5.97 Å². The van der Waals surface area contributed by atoms with Gasteiger partial charge in [-0.3, -0.25) is 4.79 Å². The molecule has 0 aromatic heterocycles. The van der Waals surface area contributed by atoms with E-state index in [0.29, 0.717) is 23.0 Å². The molecule has 0 aliphatic carbocycles. The van der Waals surface area contributed by atoms with Crippen molar-refractivity contribution in [2.75, 3.05) is 4.90 Å². The van der Waals surface area contributed by atoms with Gasteiger partial charge in [0.25, 0.3) is 0 Å². The van der Waals surface area contributed by atoms with Crippen LogP contribution in [-0.2, 0) is 17.8 Å². The first-order chi connectivity index (χ1) is 14.4. The van der Waals surface area contributed by atoms with Crippen LogP contribution in [0.1, 0.15) is 21.5 Å². The third-order valence-electron chi connectivity index (χ3n) is 4.93. The van der Waals surface area contributed by atoms with Gasteiger partial charge in [0.05, 0.1) is 23.0 Å². The Morgan fingerprint density at radius 1 is 1.03 bits per heavy atom. The van der Waals surface area contributed by atoms with Gasteiger partial charge >= 0.3 is 5.97 Å². The van der Waals surface area contributed by atoms with Crippen LogP contribution in [0.3, 0.4) is 0 Å². The maximum Gasteiger partial charge on any atom is 0.335 e. The van der Waals surface area contributed by atoms with Gasteiger partial charge in [0.1, 0.15) is 0 Å². The summed E-state index contributed by atoms with van der Waals surface area (Å²) >= 11 is 13.9. The molecule has 0 bridgehead atoms. The number of carboxylic acid groups (broad SMARTS) is 1. The van der Waals surface area contributed by atoms with Crippen molar-refractivity contribution in [2.45, 2.75) is 23.1 Å². The van der Waals surface area contributed by atoms with Gasteiger partial charge in [-0.1, -0.05) is 53.5 Å². The molecule has 7 heteroatoms. The molecule has 0 saturated carbocycles. The molecule has 1 aliphatic heterocycles. The molecule has 3 aromatic carbocycles. The van der Waals surface area contributed by atoms with E-state index in [1.54, 1.807) is 41.3 Å². The Hall–Kier alpha value is -2.47. The molecule has 1 N–H and O–H groups in total. The molecule has 3 aromatic rings. The number of aromatic carboxylic acids is 1. The van der Waals surface area contributed by atoms with Crippen LogP contribution in [0.25, 0.3) is 0 Å². The zero-order chi connectivity index (χ0) is 21.3. The standard InChI is InChI=1S/C23H17Cl2NO3S/c24-17-10-9-16(18(25)12-17)13-26-19-3-1-2-4-20(19)30-21(22(26)27)11-14-5-7-15(8-6-14)23(28)29/h1-10,12,21H,11,13H2,(H,28,29). The largest absolute Gasteiger partial charge is 0.478 e. The molecule has 0 radical (unpaired) electrons. The van der Waals surface area contributed by atoms with Crippen LogP contribution in [0.5, 0.6) is 0 Å². The van der Waals surface area contributed by atoms with Gasteiger partial charge in [-0.25, -0.2) is 4.79 Å². The number of thioether (sulfide) groups is 1. The molecule has 1 amide bonds. The zero-order valence-electron chi connectivity index (χ0n) is 15.7. The average molecular weight is 458 g/mol. The summed E-state index contributed by atoms with van der Waals surface area (Å²) in [6.07, 6.45) is 0.503. The first-order valence-electron chi connectivity index (χ1n) is 9.25. The maximum atomic E-state index is 13.4. The van der Waals surface area contributed by atoms with Crippen molar-refractivity contribution in [3.8, 4) is 0 Å². The summed E-state index contributed by atoms with van der Waals surface area (Å²) in [5, 5.41) is 9.83. The fourth-order valence-corrected chi connectivity index (χ4v) is 5.12. The highest BCUT2D eigenvalue weighted by molar-refractivity contribution is 8.01. The number of rotatable bonds is 5. The second kappa shape index (κ2) is 8.72. The Bertz CT molecular complexity index is 1120. The van der Waals surface area contributed by atoms with E-state index in [2.05, 4.69) is 0 Å². The number of nitrogens with zero attached hydrogens (tertiary/aromatic N) is 1. The Morgan fingerprint density at radius 3 is 2.47 bits per heavy atom. The second-order valence-corrected chi connectivity index (χ2v) is 9.03. The van der Waals surface area contributed by atoms with Gasteiger partial charge < -0.3 is 10.0 Å². The first-order valence-corrected chi connectivity index (χ1v) is 10.9. The van der Waals surface area contributed by atoms with Crippen molar-refractivity contribution >= 4 is 52.5 Å². The van der Waals surface area contributed by atoms with E-state index in [-0.39, 0.29) is 16.7 Å². The Labute approximate surface area is 188 Å². The van der Waals surface area contributed by atoms with Gasteiger partial charge in [-0.2, -0.15) is 0 Å². The number of amides is 1. The molecule has 0 saturated heterocycles. The Kier molecular flexibility index (Phi) is 6.04. The Morgan fingerprint density at radius 2 is 1.77 bits per heavy atom. The summed E-state index contributed by atoms with van der Waals surface area (Å²) in [6, 6.07) is 19.7. The monoisotopic (exact) mass is 457 g/mol. The summed E-state index contributed by atoms with van der Waals surface area (Å²) in [5.41, 5.74) is 2.82. The maximum absolute atomic E-state index is 13.4. The van der Waals surface area contributed by atoms with Crippen LogP contribution in [0, 0.1) is 0 Å². The molecule has 30 heavy (non-hydrogen) atoms. The van der Waals surface area contributed by atoms with Crippen molar-refractivity contribution in [3.05, 3.63) is 93.5 Å². The number of anilines is 1. The second-order valence-electron chi connectivity index (χ2n) is 6.94. The van der Waals surface area contributed by atoms with E-state index in [9.17, 15) is 9.59 Å². The highest BCUT2D eigenvalue weighted by atomic mass is 35.5. The van der Waals surface area contributed by atoms with Crippen molar-refractivity contribution in [1.29, 1.82) is 0 Å². The van der Waals surface area contributed by atoms with Crippen molar-refractivity contribution in [2.24, 2.45) is 0 Å². The fourth-order valence-electron chi connectivity index (χ4n) is 3.39. The number of carbonyl (C=O) groups excluding carboxylic acids is 1. The van der Waals surface area contributed by atoms with Crippen molar-refractivity contribution in [3.63, 3.8) is 0 Å². The van der Waals surface area contributed by atoms with Crippen LogP contribution >= 0.6 is 35.0 Å². The summed E-state index contributed by atoms with van der Waals surface area (Å²) < 4.78 is 0. The lowest BCUT2D eigenvalue weighted by molar-refractivity contribution is -0.118. The normalized spacial score (nSPS) is 15.7. The summed E-state index contributed by atoms with van der Waals surface area (Å²) in [7, 11) is 0. The number of hydrogen-bond acceptors (Lipinski definition) is 3. The first kappa shape index (κ1) is 20.8. The van der Waals surface area contributed by atoms with E-state index >= 15 is 0 Å². The quantitative estimate of drug-likeness (QED) is 0.514. The molecule has 152 valence electrons. The molecular formula is C23H17Cl2NO3S. The van der Waals surface area contributed by atoms with Crippen LogP contribution in [0.4, 0.5) is 5.69 Å². The molecule has 4 nitrogen and oxygen atoms in total. The van der Waals surface area contributed by atoms with Crippen LogP contribution in [0.2, 0.25) is 10.0 Å². The number of carbonyl (C=O) groups is 2. The number of carboxylic acids is 1. The van der Waals surface area contributed by atoms with E-state index in [1.165, 1.54) is 11.8 Å². The number of fused-ring (bicyclic) bond motifs is 1. The molecule has 1 atom stereocenters. The third-order valence-corrected chi connectivity index (χ3v) is 6.77. The summed E-state index contributed by atoms with van der Waals surface area (Å²) in [6.45, 7) is 0.348. The van der Waals surface area contributed by atoms with Gasteiger partial charge in [0.15, 0.2) is 0 Å². The number of benzene rings is 3. The smallest absolute Gasteiger partial charge is 0.335 e. The number of para-hydroxylation sites is 1. The van der Waals surface area contributed by atoms with Gasteiger partial charge in [0.2, 0.25) is 5.91 Å². The lowest BCUT2D eigenvalue weighted by Crippen LogP contribution is -2.41. The van der Waals surface area contributed by atoms with Crippen molar-refractivity contribution < 1.29 is 14.7 Å². The molecule has 0 spiro atoms. The summed E-state index contributed by atoms with van der Waals surface area (Å²) in [5.74, 6) is -0.975. The van der Waals surface area contributed by atoms with E-state index in [1.807, 2.05) is 30.3 Å². The van der Waals surface area contributed by atoms with E-state index in [0.717, 1.165) is 21.7 Å². The minimum Gasteiger partial charge on any atom is -0.478 e. The van der Waals surface area contributed by atoms with Gasteiger partial charge in [-0.15, -0.1) is 11.8 Å². The van der Waals surface area contributed by atoms with Crippen LogP contribution < -0.4 is 4.90 Å². The molecule has 1 aliphatic rings. The highest BCUT2D eigenvalue weighted by Gasteiger charge is 2.33. The third kappa shape index (κ3) is 4.33. The van der Waals surface area contributed by atoms with Gasteiger partial charge in [0, 0.05) is 14.9 Å². The Balaban J connectivity index is 1.62. The fraction of sp³-hybridized carbons (Fsp3) is 0.130. The lowest BCUT2D eigenvalue weighted by atomic mass is 10.1. The lowest BCUT2D eigenvalue weighted by Gasteiger charge is -2.34. The topological polar surface area (TPSA) is 57.6 Å². The van der Waals surface area contributed by atoms with Crippen molar-refractivity contribution in [1.82, 2.24) is 0 Å². The molecule has 1 unspecified atom stereocenters. The minimum absolute atomic E-state index is 0.00738. The van der Waals surface area contributed by atoms with Gasteiger partial charge in [-0.05, 0) is 53.9 Å². The molecule has 0 fully saturated rings. The van der Waals surface area contributed by atoms with Crippen LogP contribution in [-0.4, -0.2) is 22.2 Å². The predicted molar refractivity (Wildman–Crippen MR) is 121 cm³/mol. The van der Waals surface area contributed by atoms with Crippen LogP contribution in [0.15, 0.2) is 71.6 Å². The predicted octanol–water partition coefficient (Wildman–Crippen LogP) is 5.94. The number of halogens is 2. The highest BCUT2D eigenvalue weighted by Crippen LogP contribution is 2.41.